The molecule has 2 unspecified atom stereocenters. The first-order valence-corrected chi connectivity index (χ1v) is 20.5. The van der Waals surface area contributed by atoms with Gasteiger partial charge in [0.05, 0.1) is 79.4 Å². The van der Waals surface area contributed by atoms with E-state index >= 15 is 0 Å². The highest BCUT2D eigenvalue weighted by Crippen LogP contribution is 2.51. The number of methoxy groups -OCH3 is 1. The van der Waals surface area contributed by atoms with E-state index in [4.69, 9.17) is 43.6 Å². The summed E-state index contributed by atoms with van der Waals surface area (Å²) in [5, 5.41) is 21.8. The summed E-state index contributed by atoms with van der Waals surface area (Å²) in [5.74, 6) is -0.913. The number of rotatable bonds is 4. The minimum absolute atomic E-state index is 0.0110. The van der Waals surface area contributed by atoms with Crippen molar-refractivity contribution in [1.29, 1.82) is 0 Å². The van der Waals surface area contributed by atoms with E-state index in [-0.39, 0.29) is 110 Å². The van der Waals surface area contributed by atoms with Gasteiger partial charge in [0.1, 0.15) is 18.0 Å². The van der Waals surface area contributed by atoms with Crippen LogP contribution in [0.2, 0.25) is 0 Å². The second kappa shape index (κ2) is 15.6. The van der Waals surface area contributed by atoms with Gasteiger partial charge in [-0.1, -0.05) is 27.0 Å². The first kappa shape index (κ1) is 38.6. The van der Waals surface area contributed by atoms with Gasteiger partial charge in [0.15, 0.2) is 5.79 Å². The van der Waals surface area contributed by atoms with Crippen molar-refractivity contribution in [2.45, 2.75) is 195 Å². The van der Waals surface area contributed by atoms with Crippen LogP contribution in [0.25, 0.3) is 0 Å². The van der Waals surface area contributed by atoms with Gasteiger partial charge >= 0.3 is 0 Å². The molecule has 0 radical (unpaired) electrons. The average Bonchev–Trinajstić information content (AvgIpc) is 3.75. The van der Waals surface area contributed by atoms with E-state index < -0.39 is 30.2 Å². The van der Waals surface area contributed by atoms with Crippen molar-refractivity contribution in [3.8, 4) is 0 Å². The highest BCUT2D eigenvalue weighted by Gasteiger charge is 2.62. The van der Waals surface area contributed by atoms with E-state index in [1.165, 1.54) is 0 Å². The first-order valence-electron chi connectivity index (χ1n) is 20.5. The van der Waals surface area contributed by atoms with Gasteiger partial charge in [-0.15, -0.1) is 0 Å². The Kier molecular flexibility index (Phi) is 11.3. The Labute approximate surface area is 314 Å². The van der Waals surface area contributed by atoms with E-state index in [9.17, 15) is 15.0 Å². The largest absolute Gasteiger partial charge is 0.392 e. The maximum Gasteiger partial charge on any atom is 0.172 e. The molecule has 1 spiro atoms. The molecule has 0 aromatic heterocycles. The molecule has 8 aliphatic heterocycles. The molecule has 8 rings (SSSR count). The molecule has 0 aliphatic carbocycles. The van der Waals surface area contributed by atoms with Crippen LogP contribution in [0, 0.1) is 17.8 Å². The van der Waals surface area contributed by atoms with E-state index in [2.05, 4.69) is 27.0 Å². The first-order chi connectivity index (χ1) is 25.4. The molecule has 0 amide bonds. The van der Waals surface area contributed by atoms with Gasteiger partial charge in [-0.25, -0.2) is 0 Å². The topological polar surface area (TPSA) is 157 Å². The Morgan fingerprint density at radius 1 is 0.849 bits per heavy atom. The number of hydrogen-bond donors (Lipinski definition) is 3. The van der Waals surface area contributed by atoms with Crippen LogP contribution in [-0.2, 0) is 42.7 Å². The number of Topliss-reactive ketones (excluding diaryl/α,β-unsaturated/α-hetero) is 1. The lowest BCUT2D eigenvalue weighted by atomic mass is 9.80. The van der Waals surface area contributed by atoms with E-state index in [1.54, 1.807) is 7.11 Å². The van der Waals surface area contributed by atoms with Crippen molar-refractivity contribution in [3.05, 3.63) is 24.3 Å². The number of carbonyl (C=O) groups excluding carboxylic acids is 1. The number of carbonyl (C=O) groups is 1. The molecule has 19 atom stereocenters. The molecule has 8 heterocycles. The van der Waals surface area contributed by atoms with Crippen LogP contribution in [-0.4, -0.2) is 127 Å². The lowest BCUT2D eigenvalue weighted by Crippen LogP contribution is -2.62. The van der Waals surface area contributed by atoms with Crippen LogP contribution in [0.4, 0.5) is 0 Å². The van der Waals surface area contributed by atoms with Gasteiger partial charge in [-0.05, 0) is 62.0 Å². The van der Waals surface area contributed by atoms with Crippen molar-refractivity contribution in [2.75, 3.05) is 13.7 Å². The van der Waals surface area contributed by atoms with Gasteiger partial charge in [0.2, 0.25) is 0 Å². The third-order valence-electron chi connectivity index (χ3n) is 14.1. The summed E-state index contributed by atoms with van der Waals surface area (Å²) in [4.78, 5) is 14.1. The quantitative estimate of drug-likeness (QED) is 0.360. The molecule has 12 nitrogen and oxygen atoms in total. The SMILES string of the molecule is C=C1C[C@@H]2CC[C@]34CC(O)[C@H](O3)C3O[C@H]5CC[C@H](CC(=O)C[C@@H]6[C@@H](OC)[C@@H](C[C@H](O)CN)O[C@H]6C[C@H]6O[C@@H](CC[C@@H]1O2)C[C@@H](C)C6=C)O[C@@H]5[C@H](O4)[C@@H]3C. The molecule has 0 aromatic rings. The summed E-state index contributed by atoms with van der Waals surface area (Å²) in [6, 6.07) is 0. The fourth-order valence-electron chi connectivity index (χ4n) is 11.1. The molecule has 0 aromatic carbocycles. The Morgan fingerprint density at radius 3 is 2.40 bits per heavy atom. The summed E-state index contributed by atoms with van der Waals surface area (Å²) >= 11 is 0. The standard InChI is InChI=1S/C41H63NO11/c1-20-12-26-6-8-31-21(2)13-28(47-31)10-11-41-18-30(45)39(53-41)36-23(4)37(52-41)40-32(51-36)9-7-27(49-40)14-24(43)15-29-34(17-33(48-26)22(20)3)50-35(38(29)46-5)16-25(44)19-42/h20,23,25-40,44-45H,2-3,6-19,42H2,1,4-5H3/t20-,23-,25+,26+,27-,28+,29+,30?,31+,32+,33-,34+,35-,36?,37-,38-,39+,40+,41-/m1/s1. The number of nitrogens with two attached hydrogens (primary N) is 1. The van der Waals surface area contributed by atoms with Crippen molar-refractivity contribution >= 4 is 5.78 Å². The molecule has 8 saturated heterocycles. The van der Waals surface area contributed by atoms with Crippen molar-refractivity contribution in [1.82, 2.24) is 0 Å². The average molecular weight is 746 g/mol. The van der Waals surface area contributed by atoms with E-state index in [1.807, 2.05) is 0 Å². The molecular weight excluding hydrogens is 682 g/mol. The lowest BCUT2D eigenvalue weighted by molar-refractivity contribution is -0.290. The van der Waals surface area contributed by atoms with Crippen molar-refractivity contribution in [3.63, 3.8) is 0 Å². The second-order valence-corrected chi connectivity index (χ2v) is 17.7. The monoisotopic (exact) mass is 745 g/mol. The highest BCUT2D eigenvalue weighted by molar-refractivity contribution is 5.79. The maximum atomic E-state index is 14.1. The minimum atomic E-state index is -0.966. The summed E-state index contributed by atoms with van der Waals surface area (Å²) in [7, 11) is 1.65. The molecule has 298 valence electrons. The van der Waals surface area contributed by atoms with Gasteiger partial charge in [0, 0.05) is 64.0 Å². The van der Waals surface area contributed by atoms with Crippen molar-refractivity contribution < 1.29 is 52.9 Å². The molecule has 4 N–H and O–H groups in total. The fraction of sp³-hybridized carbons (Fsp3) is 0.878. The second-order valence-electron chi connectivity index (χ2n) is 17.7. The zero-order chi connectivity index (χ0) is 37.2. The predicted octanol–water partition coefficient (Wildman–Crippen LogP) is 3.67. The summed E-state index contributed by atoms with van der Waals surface area (Å²) < 4.78 is 53.3. The number of ketones is 1. The van der Waals surface area contributed by atoms with Gasteiger partial charge < -0.3 is 53.8 Å². The molecule has 53 heavy (non-hydrogen) atoms. The van der Waals surface area contributed by atoms with Crippen LogP contribution < -0.4 is 5.73 Å². The highest BCUT2D eigenvalue weighted by atomic mass is 16.7. The third-order valence-corrected chi connectivity index (χ3v) is 14.1. The fourth-order valence-corrected chi connectivity index (χ4v) is 11.1. The predicted molar refractivity (Wildman–Crippen MR) is 193 cm³/mol. The number of ether oxygens (including phenoxy) is 8. The number of hydrogen-bond acceptors (Lipinski definition) is 12. The number of aliphatic hydroxyl groups is 2. The molecular formula is C41H63NO11. The molecule has 0 saturated carbocycles. The smallest absolute Gasteiger partial charge is 0.172 e. The third kappa shape index (κ3) is 7.61. The number of aliphatic hydroxyl groups excluding tert-OH is 2. The molecule has 8 aliphatic rings. The zero-order valence-electron chi connectivity index (χ0n) is 31.9. The van der Waals surface area contributed by atoms with Gasteiger partial charge in [-0.3, -0.25) is 4.79 Å². The van der Waals surface area contributed by atoms with Crippen LogP contribution in [0.1, 0.15) is 97.3 Å². The summed E-state index contributed by atoms with van der Waals surface area (Å²) in [5.41, 5.74) is 7.96. The molecule has 10 bridgehead atoms. The molecule has 12 heteroatoms. The number of fused-ring (bicyclic) bond motifs is 9. The Morgan fingerprint density at radius 2 is 1.60 bits per heavy atom. The summed E-state index contributed by atoms with van der Waals surface area (Å²) in [6.07, 6.45) is 3.08. The lowest BCUT2D eigenvalue weighted by Gasteiger charge is -2.50. The van der Waals surface area contributed by atoms with E-state index in [0.29, 0.717) is 32.1 Å². The Balaban J connectivity index is 1.07. The molecule has 8 fully saturated rings. The van der Waals surface area contributed by atoms with Crippen LogP contribution in [0.15, 0.2) is 24.3 Å². The van der Waals surface area contributed by atoms with Gasteiger partial charge in [0.25, 0.3) is 0 Å². The maximum absolute atomic E-state index is 14.1. The van der Waals surface area contributed by atoms with E-state index in [0.717, 1.165) is 49.7 Å². The van der Waals surface area contributed by atoms with Crippen LogP contribution >= 0.6 is 0 Å². The van der Waals surface area contributed by atoms with Crippen LogP contribution in [0.5, 0.6) is 0 Å². The Bertz CT molecular complexity index is 1360. The van der Waals surface area contributed by atoms with Crippen LogP contribution in [0.3, 0.4) is 0 Å². The zero-order valence-corrected chi connectivity index (χ0v) is 31.9. The summed E-state index contributed by atoms with van der Waals surface area (Å²) in [6.45, 7) is 13.3. The van der Waals surface area contributed by atoms with Crippen molar-refractivity contribution in [2.24, 2.45) is 23.5 Å². The Hall–Kier alpha value is -1.29. The minimum Gasteiger partial charge on any atom is -0.392 e. The normalized spacial score (nSPS) is 51.1. The van der Waals surface area contributed by atoms with Gasteiger partial charge in [-0.2, -0.15) is 0 Å².